The van der Waals surface area contributed by atoms with Crippen LogP contribution in [0.2, 0.25) is 0 Å². The summed E-state index contributed by atoms with van der Waals surface area (Å²) in [6.45, 7) is 6.19. The average molecular weight is 1030 g/mol. The summed E-state index contributed by atoms with van der Waals surface area (Å²) in [5.41, 5.74) is 0. The highest BCUT2D eigenvalue weighted by Gasteiger charge is 2.19. The van der Waals surface area contributed by atoms with Crippen molar-refractivity contribution < 1.29 is 28.6 Å². The van der Waals surface area contributed by atoms with Crippen molar-refractivity contribution >= 4 is 17.9 Å². The molecule has 1 unspecified atom stereocenters. The van der Waals surface area contributed by atoms with Gasteiger partial charge in [-0.15, -0.1) is 0 Å². The highest BCUT2D eigenvalue weighted by molar-refractivity contribution is 5.71. The van der Waals surface area contributed by atoms with E-state index >= 15 is 0 Å². The Bertz CT molecular complexity index is 1800. The first kappa shape index (κ1) is 69.5. The molecular formula is C69H104O6. The van der Waals surface area contributed by atoms with E-state index in [9.17, 15) is 14.4 Å². The maximum atomic E-state index is 12.9. The molecule has 0 aromatic heterocycles. The van der Waals surface area contributed by atoms with Crippen LogP contribution in [0.15, 0.2) is 182 Å². The van der Waals surface area contributed by atoms with Crippen molar-refractivity contribution in [1.29, 1.82) is 0 Å². The standard InChI is InChI=1S/C69H104O6/c1-4-7-10-13-16-19-22-25-28-31-34-37-40-43-46-49-52-55-58-61-67(70)73-64-66(75-69(72)63-60-57-54-51-48-45-42-39-36-33-30-27-24-21-18-15-12-9-6-3)65-74-68(71)62-59-56-53-50-47-44-41-38-35-32-29-26-23-20-17-14-11-8-5-2/h7-13,16-22,25-31,34-40,43,46,66H,4-6,14-15,23-24,32-33,41-42,44-45,47-65H2,1-3H3/b10-7-,11-8-,12-9-,16-13-,20-17-,21-18-,22-19-,28-25-,29-26-,30-27-,34-31+,38-35-,39-36-,40-37-,46-43-. The number of carbonyl (C=O) groups is 3. The van der Waals surface area contributed by atoms with Crippen LogP contribution in [0, 0.1) is 0 Å². The molecule has 1 atom stereocenters. The Kier molecular flexibility index (Phi) is 56.6. The summed E-state index contributed by atoms with van der Waals surface area (Å²) in [4.78, 5) is 38.3. The summed E-state index contributed by atoms with van der Waals surface area (Å²) in [6, 6.07) is 0. The van der Waals surface area contributed by atoms with Crippen LogP contribution in [0.4, 0.5) is 0 Å². The first-order chi connectivity index (χ1) is 37.0. The van der Waals surface area contributed by atoms with E-state index in [1.807, 2.05) is 72.9 Å². The minimum absolute atomic E-state index is 0.117. The Hall–Kier alpha value is -5.49. The van der Waals surface area contributed by atoms with Gasteiger partial charge in [0, 0.05) is 19.3 Å². The molecule has 0 N–H and O–H groups in total. The second-order valence-corrected chi connectivity index (χ2v) is 18.6. The lowest BCUT2D eigenvalue weighted by Gasteiger charge is -2.18. The van der Waals surface area contributed by atoms with Gasteiger partial charge in [0.25, 0.3) is 0 Å². The minimum Gasteiger partial charge on any atom is -0.462 e. The summed E-state index contributed by atoms with van der Waals surface area (Å²) in [5.74, 6) is -1.00. The van der Waals surface area contributed by atoms with Gasteiger partial charge < -0.3 is 14.2 Å². The number of carbonyl (C=O) groups excluding carboxylic acids is 3. The van der Waals surface area contributed by atoms with Gasteiger partial charge in [0.1, 0.15) is 13.2 Å². The summed E-state index contributed by atoms with van der Waals surface area (Å²) in [6.07, 6.45) is 91.5. The van der Waals surface area contributed by atoms with E-state index in [-0.39, 0.29) is 44.0 Å². The number of hydrogen-bond acceptors (Lipinski definition) is 6. The Balaban J connectivity index is 4.59. The van der Waals surface area contributed by atoms with Gasteiger partial charge in [-0.2, -0.15) is 0 Å². The molecule has 0 aliphatic heterocycles. The molecule has 75 heavy (non-hydrogen) atoms. The van der Waals surface area contributed by atoms with Crippen LogP contribution in [0.25, 0.3) is 0 Å². The van der Waals surface area contributed by atoms with E-state index in [0.717, 1.165) is 141 Å². The number of hydrogen-bond donors (Lipinski definition) is 0. The van der Waals surface area contributed by atoms with Gasteiger partial charge in [-0.3, -0.25) is 14.4 Å². The third kappa shape index (κ3) is 59.3. The molecule has 6 heteroatoms. The zero-order valence-corrected chi connectivity index (χ0v) is 47.5. The average Bonchev–Trinajstić information content (AvgIpc) is 3.41. The highest BCUT2D eigenvalue weighted by atomic mass is 16.6. The molecule has 0 amide bonds. The zero-order chi connectivity index (χ0) is 54.3. The molecule has 0 heterocycles. The predicted octanol–water partition coefficient (Wildman–Crippen LogP) is 20.1. The van der Waals surface area contributed by atoms with Crippen molar-refractivity contribution in [3.05, 3.63) is 182 Å². The second kappa shape index (κ2) is 61.1. The molecule has 0 radical (unpaired) electrons. The van der Waals surface area contributed by atoms with Crippen molar-refractivity contribution in [3.63, 3.8) is 0 Å². The van der Waals surface area contributed by atoms with E-state index in [1.165, 1.54) is 25.7 Å². The van der Waals surface area contributed by atoms with Gasteiger partial charge in [-0.25, -0.2) is 0 Å². The number of allylic oxidation sites excluding steroid dienone is 30. The third-order valence-electron chi connectivity index (χ3n) is 11.6. The molecule has 0 bridgehead atoms. The SMILES string of the molecule is CC\C=C/C=C\C=C/C=C\C=C\C=C/C=C\CCCCCC(=O)OCC(COC(=O)CCCCCCCC/C=C\C/C=C\C/C=C\C/C=C\CC)OC(=O)CCCCCCCC/C=C\C/C=C\C/C=C\C/C=C\CC. The molecule has 0 spiro atoms. The Morgan fingerprint density at radius 2 is 0.547 bits per heavy atom. The Morgan fingerprint density at radius 3 is 0.920 bits per heavy atom. The van der Waals surface area contributed by atoms with Gasteiger partial charge in [0.2, 0.25) is 0 Å². The summed E-state index contributed by atoms with van der Waals surface area (Å²) < 4.78 is 16.8. The van der Waals surface area contributed by atoms with Crippen LogP contribution >= 0.6 is 0 Å². The number of ether oxygens (including phenoxy) is 3. The molecule has 6 nitrogen and oxygen atoms in total. The van der Waals surface area contributed by atoms with Crippen LogP contribution in [-0.2, 0) is 28.6 Å². The molecule has 0 aromatic rings. The zero-order valence-electron chi connectivity index (χ0n) is 47.5. The topological polar surface area (TPSA) is 78.9 Å². The molecule has 0 rings (SSSR count). The fourth-order valence-corrected chi connectivity index (χ4v) is 7.29. The number of unbranched alkanes of at least 4 members (excludes halogenated alkanes) is 15. The quantitative estimate of drug-likeness (QED) is 0.0199. The normalized spacial score (nSPS) is 13.5. The fraction of sp³-hybridized carbons (Fsp3) is 0.522. The molecular weight excluding hydrogens is 925 g/mol. The van der Waals surface area contributed by atoms with Gasteiger partial charge in [0.05, 0.1) is 0 Å². The van der Waals surface area contributed by atoms with Crippen molar-refractivity contribution in [2.45, 2.75) is 219 Å². The van der Waals surface area contributed by atoms with Crippen molar-refractivity contribution in [2.75, 3.05) is 13.2 Å². The van der Waals surface area contributed by atoms with Crippen LogP contribution in [0.1, 0.15) is 213 Å². The Labute approximate surface area is 459 Å². The van der Waals surface area contributed by atoms with Gasteiger partial charge in [-0.1, -0.05) is 261 Å². The minimum atomic E-state index is -0.824. The van der Waals surface area contributed by atoms with E-state index < -0.39 is 6.10 Å². The van der Waals surface area contributed by atoms with Crippen LogP contribution in [-0.4, -0.2) is 37.2 Å². The van der Waals surface area contributed by atoms with Gasteiger partial charge in [0.15, 0.2) is 6.10 Å². The number of rotatable bonds is 50. The molecule has 416 valence electrons. The smallest absolute Gasteiger partial charge is 0.306 e. The monoisotopic (exact) mass is 1030 g/mol. The van der Waals surface area contributed by atoms with Gasteiger partial charge in [-0.05, 0) is 116 Å². The van der Waals surface area contributed by atoms with Crippen LogP contribution in [0.3, 0.4) is 0 Å². The van der Waals surface area contributed by atoms with E-state index in [4.69, 9.17) is 14.2 Å². The van der Waals surface area contributed by atoms with Crippen LogP contribution in [0.5, 0.6) is 0 Å². The summed E-state index contributed by atoms with van der Waals surface area (Å²) >= 11 is 0. The van der Waals surface area contributed by atoms with Crippen molar-refractivity contribution in [2.24, 2.45) is 0 Å². The van der Waals surface area contributed by atoms with Gasteiger partial charge >= 0.3 is 17.9 Å². The molecule has 0 saturated heterocycles. The largest absolute Gasteiger partial charge is 0.462 e. The highest BCUT2D eigenvalue weighted by Crippen LogP contribution is 2.13. The summed E-state index contributed by atoms with van der Waals surface area (Å²) in [5, 5.41) is 0. The third-order valence-corrected chi connectivity index (χ3v) is 11.6. The molecule has 0 saturated carbocycles. The van der Waals surface area contributed by atoms with E-state index in [0.29, 0.717) is 12.8 Å². The maximum absolute atomic E-state index is 12.9. The van der Waals surface area contributed by atoms with Crippen molar-refractivity contribution in [3.8, 4) is 0 Å². The molecule has 0 aliphatic carbocycles. The molecule has 0 aliphatic rings. The fourth-order valence-electron chi connectivity index (χ4n) is 7.29. The molecule has 0 aromatic carbocycles. The maximum Gasteiger partial charge on any atom is 0.306 e. The van der Waals surface area contributed by atoms with E-state index in [1.54, 1.807) is 0 Å². The lowest BCUT2D eigenvalue weighted by molar-refractivity contribution is -0.167. The van der Waals surface area contributed by atoms with Crippen LogP contribution < -0.4 is 0 Å². The lowest BCUT2D eigenvalue weighted by Crippen LogP contribution is -2.30. The first-order valence-corrected chi connectivity index (χ1v) is 29.4. The first-order valence-electron chi connectivity index (χ1n) is 29.4. The summed E-state index contributed by atoms with van der Waals surface area (Å²) in [7, 11) is 0. The Morgan fingerprint density at radius 1 is 0.280 bits per heavy atom. The predicted molar refractivity (Wildman–Crippen MR) is 324 cm³/mol. The van der Waals surface area contributed by atoms with Crippen molar-refractivity contribution in [1.82, 2.24) is 0 Å². The van der Waals surface area contributed by atoms with E-state index in [2.05, 4.69) is 130 Å². The molecule has 0 fully saturated rings. The number of esters is 3. The second-order valence-electron chi connectivity index (χ2n) is 18.6. The lowest BCUT2D eigenvalue weighted by atomic mass is 10.1.